The zero-order valence-corrected chi connectivity index (χ0v) is 19.7. The summed E-state index contributed by atoms with van der Waals surface area (Å²) >= 11 is 0. The van der Waals surface area contributed by atoms with Gasteiger partial charge in [-0.3, -0.25) is 13.9 Å². The van der Waals surface area contributed by atoms with Gasteiger partial charge < -0.3 is 55.1 Å². The van der Waals surface area contributed by atoms with E-state index >= 15 is 0 Å². The largest absolute Gasteiger partial charge is 0.449 e. The number of carbonyl (C=O) groups is 3. The Balaban J connectivity index is 0. The van der Waals surface area contributed by atoms with Crippen molar-refractivity contribution in [3.05, 3.63) is 0 Å². The summed E-state index contributed by atoms with van der Waals surface area (Å²) in [7, 11) is -10.2. The highest BCUT2D eigenvalue weighted by Gasteiger charge is 2.38. The van der Waals surface area contributed by atoms with Crippen molar-refractivity contribution in [3.63, 3.8) is 0 Å². The first-order chi connectivity index (χ1) is 16.2. The van der Waals surface area contributed by atoms with E-state index in [1.165, 1.54) is 0 Å². The maximum absolute atomic E-state index is 10.8. The van der Waals surface area contributed by atoms with Crippen LogP contribution in [0.2, 0.25) is 0 Å². The molecule has 0 rings (SSSR count). The van der Waals surface area contributed by atoms with E-state index in [0.29, 0.717) is 0 Å². The molecule has 0 bridgehead atoms. The molecule has 0 aromatic rings. The lowest BCUT2D eigenvalue weighted by atomic mass is 10.0. The summed E-state index contributed by atoms with van der Waals surface area (Å²) in [5, 5.41) is 74.1. The molecule has 0 saturated carbocycles. The highest BCUT2D eigenvalue weighted by Crippen LogP contribution is 2.12. The molecule has 0 spiro atoms. The molecule has 0 aliphatic heterocycles. The fourth-order valence-electron chi connectivity index (χ4n) is 2.05. The molecule has 11 N–H and O–H groups in total. The Bertz CT molecular complexity index is 907. The molecule has 0 aromatic heterocycles. The van der Waals surface area contributed by atoms with Crippen molar-refractivity contribution in [3.8, 4) is 0 Å². The molecule has 0 unspecified atom stereocenters. The Morgan fingerprint density at radius 1 is 0.833 bits per heavy atom. The van der Waals surface area contributed by atoms with Crippen molar-refractivity contribution >= 4 is 39.0 Å². The van der Waals surface area contributed by atoms with Crippen LogP contribution < -0.4 is 5.32 Å². The summed E-state index contributed by atoms with van der Waals surface area (Å²) in [5.41, 5.74) is 0. The average Bonchev–Trinajstić information content (AvgIpc) is 2.76. The van der Waals surface area contributed by atoms with E-state index in [1.54, 1.807) is 0 Å². The minimum Gasteiger partial charge on any atom is -0.394 e. The monoisotopic (exact) mass is 577 g/mol. The molecular weight excluding hydrogens is 550 g/mol. The van der Waals surface area contributed by atoms with Gasteiger partial charge in [-0.1, -0.05) is 0 Å². The minimum atomic E-state index is -5.17. The minimum absolute atomic E-state index is 0.0799. The van der Waals surface area contributed by atoms with Crippen molar-refractivity contribution in [1.82, 2.24) is 5.32 Å². The van der Waals surface area contributed by atoms with Crippen LogP contribution >= 0.6 is 0 Å². The van der Waals surface area contributed by atoms with Crippen molar-refractivity contribution in [2.75, 3.05) is 13.2 Å². The van der Waals surface area contributed by atoms with E-state index < -0.39 is 94.7 Å². The van der Waals surface area contributed by atoms with Crippen molar-refractivity contribution in [2.24, 2.45) is 0 Å². The number of aliphatic hydroxyl groups excluding tert-OH is 8. The highest BCUT2D eigenvalue weighted by molar-refractivity contribution is 7.81. The Morgan fingerprint density at radius 3 is 1.64 bits per heavy atom. The van der Waals surface area contributed by atoms with Gasteiger partial charge in [0, 0.05) is 6.92 Å². The number of aliphatic hydroxyl groups is 8. The molecule has 0 aromatic carbocycles. The summed E-state index contributed by atoms with van der Waals surface area (Å²) < 4.78 is 65.2. The number of rotatable bonds is 14. The predicted octanol–water partition coefficient (Wildman–Crippen LogP) is -7.64. The molecule has 0 aliphatic carbocycles. The molecular formula is C14H27NO19S2. The van der Waals surface area contributed by atoms with Crippen LogP contribution in [-0.4, -0.2) is 147 Å². The summed E-state index contributed by atoms with van der Waals surface area (Å²) in [5.74, 6) is -2.66. The Hall–Kier alpha value is -1.93. The molecule has 8 atom stereocenters. The van der Waals surface area contributed by atoms with Gasteiger partial charge in [-0.25, -0.2) is 8.98 Å². The number of nitrogens with one attached hydrogen (secondary N) is 1. The summed E-state index contributed by atoms with van der Waals surface area (Å²) in [6, 6.07) is -1.59. The lowest BCUT2D eigenvalue weighted by molar-refractivity contribution is -0.161. The summed E-state index contributed by atoms with van der Waals surface area (Å²) in [4.78, 5) is 32.2. The van der Waals surface area contributed by atoms with Gasteiger partial charge in [0.05, 0.1) is 13.2 Å². The van der Waals surface area contributed by atoms with Crippen LogP contribution in [0.4, 0.5) is 0 Å². The fourth-order valence-corrected chi connectivity index (χ4v) is 2.88. The van der Waals surface area contributed by atoms with Gasteiger partial charge in [0.15, 0.2) is 6.10 Å². The normalized spacial score (nSPS) is 18.6. The first-order valence-corrected chi connectivity index (χ1v) is 11.8. The number of aldehydes is 1. The number of carbonyl (C=O) groups excluding carboxylic acids is 3. The standard InChI is InChI=1S/C8H15NO9S.C6H12O10S/c1-4(12)9-5(2-10)7(14)8(6(13)3-11)18-19(15,16)17;7-1-2(8)3(9)4(10)5(11)6(12)16-17(13,14)15/h2,5-8,11,13-14H,3H2,1H3,(H,9,12)(H,15,16,17);2-5,7-11H,1H2,(H,13,14,15)/t5-,6-,7-,8-;2-,3-,4+,5+/m11/s1. The van der Waals surface area contributed by atoms with E-state index in [9.17, 15) is 41.4 Å². The second-order valence-corrected chi connectivity index (χ2v) is 8.67. The third-order valence-electron chi connectivity index (χ3n) is 3.70. The topological polar surface area (TPSA) is 352 Å². The smallest absolute Gasteiger partial charge is 0.394 e. The third kappa shape index (κ3) is 14.6. The lowest BCUT2D eigenvalue weighted by Gasteiger charge is -2.28. The zero-order chi connectivity index (χ0) is 29.0. The quantitative estimate of drug-likeness (QED) is 0.0674. The van der Waals surface area contributed by atoms with Crippen molar-refractivity contribution < 1.29 is 89.5 Å². The first-order valence-electron chi connectivity index (χ1n) is 9.11. The lowest BCUT2D eigenvalue weighted by Crippen LogP contribution is -2.54. The molecule has 0 saturated heterocycles. The number of amides is 1. The van der Waals surface area contributed by atoms with Gasteiger partial charge in [-0.15, -0.1) is 0 Å². The maximum Gasteiger partial charge on any atom is 0.449 e. The summed E-state index contributed by atoms with van der Waals surface area (Å²) in [6.45, 7) is -0.953. The predicted molar refractivity (Wildman–Crippen MR) is 108 cm³/mol. The van der Waals surface area contributed by atoms with Gasteiger partial charge in [0.25, 0.3) is 0 Å². The molecule has 20 nitrogen and oxygen atoms in total. The summed E-state index contributed by atoms with van der Waals surface area (Å²) in [6.07, 6.45) is -14.7. The molecule has 214 valence electrons. The van der Waals surface area contributed by atoms with Crippen LogP contribution in [0.25, 0.3) is 0 Å². The second-order valence-electron chi connectivity index (χ2n) is 6.60. The molecule has 36 heavy (non-hydrogen) atoms. The molecule has 0 fully saturated rings. The van der Waals surface area contributed by atoms with Gasteiger partial charge in [-0.2, -0.15) is 16.8 Å². The van der Waals surface area contributed by atoms with Crippen LogP contribution in [0.5, 0.6) is 0 Å². The van der Waals surface area contributed by atoms with Gasteiger partial charge in [0.2, 0.25) is 5.91 Å². The van der Waals surface area contributed by atoms with Gasteiger partial charge in [0.1, 0.15) is 49.0 Å². The molecule has 22 heteroatoms. The van der Waals surface area contributed by atoms with Crippen molar-refractivity contribution in [2.45, 2.75) is 55.7 Å². The van der Waals surface area contributed by atoms with Crippen LogP contribution in [0.3, 0.4) is 0 Å². The first kappa shape index (κ1) is 36.2. The van der Waals surface area contributed by atoms with Crippen LogP contribution in [0.15, 0.2) is 0 Å². The fraction of sp³-hybridized carbons (Fsp3) is 0.786. The van der Waals surface area contributed by atoms with E-state index in [1.807, 2.05) is 5.32 Å². The van der Waals surface area contributed by atoms with Crippen LogP contribution in [0, 0.1) is 0 Å². The highest BCUT2D eigenvalue weighted by atomic mass is 32.3. The Morgan fingerprint density at radius 2 is 1.31 bits per heavy atom. The number of hydrogen-bond donors (Lipinski definition) is 11. The van der Waals surface area contributed by atoms with Crippen LogP contribution in [-0.2, 0) is 43.5 Å². The van der Waals surface area contributed by atoms with Gasteiger partial charge in [-0.05, 0) is 0 Å². The second kappa shape index (κ2) is 16.0. The zero-order valence-electron chi connectivity index (χ0n) is 18.1. The molecule has 0 radical (unpaired) electrons. The van der Waals surface area contributed by atoms with E-state index in [0.717, 1.165) is 6.92 Å². The van der Waals surface area contributed by atoms with Gasteiger partial charge >= 0.3 is 26.8 Å². The Labute approximate surface area is 203 Å². The Kier molecular flexibility index (Phi) is 16.1. The third-order valence-corrected chi connectivity index (χ3v) is 4.54. The molecule has 1 amide bonds. The maximum atomic E-state index is 10.8. The SMILES string of the molecule is CC(=O)N[C@H](C=O)[C@@H](O)[C@H](OS(=O)(=O)O)[C@H](O)CO.O=C(OS(=O)(=O)O)[C@@H](O)[C@@H](O)[C@H](O)[C@H](O)CO. The average molecular weight is 577 g/mol. The van der Waals surface area contributed by atoms with E-state index in [2.05, 4.69) is 8.37 Å². The van der Waals surface area contributed by atoms with E-state index in [-0.39, 0.29) is 6.29 Å². The molecule has 0 heterocycles. The molecule has 0 aliphatic rings. The van der Waals surface area contributed by atoms with Crippen molar-refractivity contribution in [1.29, 1.82) is 0 Å². The number of hydrogen-bond acceptors (Lipinski definition) is 17. The van der Waals surface area contributed by atoms with E-state index in [4.69, 9.17) is 39.7 Å². The van der Waals surface area contributed by atoms with Crippen LogP contribution in [0.1, 0.15) is 6.92 Å².